The molecule has 1 aliphatic heterocycles. The third-order valence-electron chi connectivity index (χ3n) is 13.1. The van der Waals surface area contributed by atoms with Crippen LogP contribution in [0.5, 0.6) is 0 Å². The van der Waals surface area contributed by atoms with Gasteiger partial charge in [-0.3, -0.25) is 0 Å². The largest absolute Gasteiger partial charge is 0.309 e. The van der Waals surface area contributed by atoms with Gasteiger partial charge in [0, 0.05) is 27.5 Å². The molecule has 0 unspecified atom stereocenters. The Morgan fingerprint density at radius 3 is 1.50 bits per heavy atom. The van der Waals surface area contributed by atoms with Crippen LogP contribution in [0.4, 0.5) is 0 Å². The third-order valence-corrected chi connectivity index (χ3v) is 13.1. The van der Waals surface area contributed by atoms with Gasteiger partial charge >= 0.3 is 0 Å². The summed E-state index contributed by atoms with van der Waals surface area (Å²) in [5.74, 6) is 1.91. The molecule has 0 radical (unpaired) electrons. The Kier molecular flexibility index (Phi) is 7.49. The Balaban J connectivity index is 0.999. The fourth-order valence-electron chi connectivity index (χ4n) is 10.4. The molecule has 0 atom stereocenters. The van der Waals surface area contributed by atoms with Gasteiger partial charge in [-0.15, -0.1) is 0 Å². The molecule has 2 aliphatic rings. The maximum Gasteiger partial charge on any atom is 0.164 e. The average molecular weight is 789 g/mol. The molecule has 4 nitrogen and oxygen atoms in total. The van der Waals surface area contributed by atoms with Crippen molar-refractivity contribution in [2.24, 2.45) is 0 Å². The fourth-order valence-corrected chi connectivity index (χ4v) is 10.4. The van der Waals surface area contributed by atoms with Gasteiger partial charge in [-0.2, -0.15) is 0 Å². The van der Waals surface area contributed by atoms with Crippen LogP contribution >= 0.6 is 0 Å². The summed E-state index contributed by atoms with van der Waals surface area (Å²) in [6, 6.07) is 78.6. The lowest BCUT2D eigenvalue weighted by Crippen LogP contribution is -2.33. The van der Waals surface area contributed by atoms with E-state index in [2.05, 4.69) is 199 Å². The van der Waals surface area contributed by atoms with Crippen LogP contribution in [0.2, 0.25) is 0 Å². The highest BCUT2D eigenvalue weighted by atomic mass is 15.0. The van der Waals surface area contributed by atoms with Crippen molar-refractivity contribution in [3.63, 3.8) is 0 Å². The Morgan fingerprint density at radius 1 is 0.306 bits per heavy atom. The zero-order chi connectivity index (χ0) is 40.8. The molecule has 0 fully saturated rings. The molecule has 11 aromatic rings. The van der Waals surface area contributed by atoms with E-state index in [-0.39, 0.29) is 0 Å². The lowest BCUT2D eigenvalue weighted by molar-refractivity contribution is 0.748. The Labute approximate surface area is 359 Å². The van der Waals surface area contributed by atoms with Crippen molar-refractivity contribution in [2.75, 3.05) is 0 Å². The lowest BCUT2D eigenvalue weighted by atomic mass is 9.65. The van der Waals surface area contributed by atoms with Gasteiger partial charge in [-0.05, 0) is 73.8 Å². The smallest absolute Gasteiger partial charge is 0.164 e. The minimum atomic E-state index is -0.485. The normalized spacial score (nSPS) is 13.0. The number of para-hydroxylation sites is 2. The molecule has 1 spiro atoms. The molecule has 2 aromatic heterocycles. The molecule has 0 saturated heterocycles. The highest BCUT2D eigenvalue weighted by Crippen LogP contribution is 2.61. The first kappa shape index (κ1) is 34.6. The second-order valence-electron chi connectivity index (χ2n) is 16.3. The predicted molar refractivity (Wildman–Crippen MR) is 252 cm³/mol. The van der Waals surface area contributed by atoms with Gasteiger partial charge in [-0.25, -0.2) is 15.0 Å². The average Bonchev–Trinajstić information content (AvgIpc) is 3.85. The number of benzene rings is 9. The van der Waals surface area contributed by atoms with Gasteiger partial charge in [0.15, 0.2) is 17.5 Å². The topological polar surface area (TPSA) is 43.6 Å². The van der Waals surface area contributed by atoms with E-state index in [0.717, 1.165) is 33.4 Å². The zero-order valence-electron chi connectivity index (χ0n) is 33.6. The minimum Gasteiger partial charge on any atom is -0.309 e. The van der Waals surface area contributed by atoms with Crippen molar-refractivity contribution >= 4 is 21.8 Å². The SMILES string of the molecule is c1ccc(-c2ccc(-c3nc(-c4ccccc4)nc(-c4cccc(-c5ccc6c(c5)-n5c7ccccc7c7cccc(c75)C65c6ccccc6-c6ccccc65)c4)n3)cc2)cc1. The molecule has 0 amide bonds. The zero-order valence-corrected chi connectivity index (χ0v) is 33.6. The molecule has 0 N–H and O–H groups in total. The summed E-state index contributed by atoms with van der Waals surface area (Å²) >= 11 is 0. The van der Waals surface area contributed by atoms with Gasteiger partial charge < -0.3 is 4.57 Å². The molecule has 4 heteroatoms. The summed E-state index contributed by atoms with van der Waals surface area (Å²) in [5, 5.41) is 2.53. The molecule has 13 rings (SSSR count). The van der Waals surface area contributed by atoms with E-state index in [1.165, 1.54) is 66.4 Å². The number of nitrogens with zero attached hydrogens (tertiary/aromatic N) is 4. The first-order chi connectivity index (χ1) is 30.7. The number of hydrogen-bond acceptors (Lipinski definition) is 3. The van der Waals surface area contributed by atoms with Gasteiger partial charge in [0.2, 0.25) is 0 Å². The molecule has 9 aromatic carbocycles. The quantitative estimate of drug-likeness (QED) is 0.174. The lowest BCUT2D eigenvalue weighted by Gasteiger charge is -2.39. The van der Waals surface area contributed by atoms with Crippen molar-refractivity contribution in [3.8, 4) is 73.2 Å². The van der Waals surface area contributed by atoms with E-state index in [0.29, 0.717) is 17.5 Å². The van der Waals surface area contributed by atoms with Crippen LogP contribution in [0.25, 0.3) is 95.0 Å². The van der Waals surface area contributed by atoms with E-state index in [1.807, 2.05) is 24.3 Å². The molecule has 0 bridgehead atoms. The summed E-state index contributed by atoms with van der Waals surface area (Å²) in [6.07, 6.45) is 0. The van der Waals surface area contributed by atoms with E-state index in [9.17, 15) is 0 Å². The van der Waals surface area contributed by atoms with Crippen molar-refractivity contribution in [1.82, 2.24) is 19.5 Å². The van der Waals surface area contributed by atoms with Crippen molar-refractivity contribution in [2.45, 2.75) is 5.41 Å². The van der Waals surface area contributed by atoms with Crippen LogP contribution < -0.4 is 0 Å². The highest BCUT2D eigenvalue weighted by Gasteiger charge is 2.50. The van der Waals surface area contributed by atoms with Gasteiger partial charge in [0.25, 0.3) is 0 Å². The minimum absolute atomic E-state index is 0.485. The molecular weight excluding hydrogens is 753 g/mol. The Hall–Kier alpha value is -8.21. The first-order valence-corrected chi connectivity index (χ1v) is 21.2. The summed E-state index contributed by atoms with van der Waals surface area (Å²) < 4.78 is 2.52. The van der Waals surface area contributed by atoms with E-state index in [4.69, 9.17) is 15.0 Å². The number of hydrogen-bond donors (Lipinski definition) is 0. The van der Waals surface area contributed by atoms with E-state index in [1.54, 1.807) is 0 Å². The standard InChI is InChI=1S/C58H36N4/c1-3-15-37(16-4-1)38-29-31-40(32-30-38)56-59-55(39-17-5-2-6-18-39)60-57(61-56)43-20-13-19-41(35-43)42-33-34-50-53(36-42)62-52-28-12-9-23-46(52)47-24-14-27-51(54(47)62)58(50)48-25-10-7-21-44(48)45-22-8-11-26-49(45)58/h1-36H. The summed E-state index contributed by atoms with van der Waals surface area (Å²) in [5.41, 5.74) is 18.4. The van der Waals surface area contributed by atoms with Crippen LogP contribution in [0.1, 0.15) is 22.3 Å². The molecule has 62 heavy (non-hydrogen) atoms. The molecule has 1 aliphatic carbocycles. The van der Waals surface area contributed by atoms with Crippen molar-refractivity contribution < 1.29 is 0 Å². The maximum absolute atomic E-state index is 5.15. The molecule has 288 valence electrons. The van der Waals surface area contributed by atoms with Crippen LogP contribution in [-0.2, 0) is 5.41 Å². The van der Waals surface area contributed by atoms with Crippen molar-refractivity contribution in [1.29, 1.82) is 0 Å². The highest BCUT2D eigenvalue weighted by molar-refractivity contribution is 6.13. The number of rotatable bonds is 5. The maximum atomic E-state index is 5.15. The second kappa shape index (κ2) is 13.4. The Morgan fingerprint density at radius 2 is 0.774 bits per heavy atom. The van der Waals surface area contributed by atoms with Gasteiger partial charge in [0.1, 0.15) is 0 Å². The fraction of sp³-hybridized carbons (Fsp3) is 0.0172. The monoisotopic (exact) mass is 788 g/mol. The van der Waals surface area contributed by atoms with E-state index >= 15 is 0 Å². The van der Waals surface area contributed by atoms with Gasteiger partial charge in [-0.1, -0.05) is 200 Å². The molecule has 3 heterocycles. The van der Waals surface area contributed by atoms with Crippen LogP contribution in [0.15, 0.2) is 218 Å². The van der Waals surface area contributed by atoms with Crippen LogP contribution in [0, 0.1) is 0 Å². The summed E-state index contributed by atoms with van der Waals surface area (Å²) in [6.45, 7) is 0. The molecule has 0 saturated carbocycles. The molecular formula is C58H36N4. The summed E-state index contributed by atoms with van der Waals surface area (Å²) in [4.78, 5) is 15.3. The van der Waals surface area contributed by atoms with Crippen molar-refractivity contribution in [3.05, 3.63) is 241 Å². The number of aromatic nitrogens is 4. The Bertz CT molecular complexity index is 3520. The predicted octanol–water partition coefficient (Wildman–Crippen LogP) is 14.0. The van der Waals surface area contributed by atoms with Crippen LogP contribution in [0.3, 0.4) is 0 Å². The van der Waals surface area contributed by atoms with Crippen LogP contribution in [-0.4, -0.2) is 19.5 Å². The first-order valence-electron chi connectivity index (χ1n) is 21.2. The third kappa shape index (κ3) is 4.98. The number of fused-ring (bicyclic) bond motifs is 12. The second-order valence-corrected chi connectivity index (χ2v) is 16.3. The van der Waals surface area contributed by atoms with E-state index < -0.39 is 5.41 Å². The van der Waals surface area contributed by atoms with Gasteiger partial charge in [0.05, 0.1) is 22.1 Å². The summed E-state index contributed by atoms with van der Waals surface area (Å²) in [7, 11) is 0.